The number of hydrogen-bond donors (Lipinski definition) is 12. The molecule has 3 aliphatic heterocycles. The summed E-state index contributed by atoms with van der Waals surface area (Å²) in [6.45, 7) is 1.73. The number of unbranched alkanes of at least 4 members (excludes halogenated alkanes) is 44. The van der Waals surface area contributed by atoms with E-state index in [2.05, 4.69) is 31.3 Å². The summed E-state index contributed by atoms with van der Waals surface area (Å²) < 4.78 is 34.3. The highest BCUT2D eigenvalue weighted by Gasteiger charge is 2.53. The van der Waals surface area contributed by atoms with E-state index in [9.17, 15) is 61.0 Å². The van der Waals surface area contributed by atoms with Crippen LogP contribution in [0.5, 0.6) is 0 Å². The van der Waals surface area contributed by atoms with E-state index in [1.165, 1.54) is 250 Å². The molecule has 17 atom stereocenters. The van der Waals surface area contributed by atoms with Crippen molar-refractivity contribution in [3.63, 3.8) is 0 Å². The Kier molecular flexibility index (Phi) is 53.3. The monoisotopic (exact) mass is 1360 g/mol. The van der Waals surface area contributed by atoms with Gasteiger partial charge in [0.25, 0.3) is 0 Å². The second-order valence-corrected chi connectivity index (χ2v) is 28.2. The van der Waals surface area contributed by atoms with Gasteiger partial charge in [-0.15, -0.1) is 0 Å². The number of amides is 1. The molecule has 3 fully saturated rings. The number of aliphatic hydroxyl groups is 11. The Balaban J connectivity index is 1.29. The normalized spacial score (nSPS) is 27.3. The molecular formula is C76H143NO18. The van der Waals surface area contributed by atoms with Crippen LogP contribution in [0.1, 0.15) is 322 Å². The molecular weight excluding hydrogens is 1210 g/mol. The summed E-state index contributed by atoms with van der Waals surface area (Å²) in [6.07, 6.45) is 42.2. The van der Waals surface area contributed by atoms with Crippen molar-refractivity contribution >= 4 is 5.91 Å². The number of nitrogens with one attached hydrogen (secondary N) is 1. The standard InChI is InChI=1S/C76H143NO18/c1-3-5-7-9-11-13-15-17-18-19-20-21-22-23-24-25-26-27-28-29-30-31-32-33-34-35-36-37-38-39-40-42-44-46-48-50-52-54-64(82)77-59(60(81)53-51-49-47-45-43-41-16-14-12-10-8-6-4-2)58-90-74-70(88)67(85)72(62(56-79)92-74)95-76-71(89)68(86)73(63(57-80)93-76)94-75-69(87)66(84)65(83)61(55-78)91-75/h43,45,51,53,59-63,65-76,78-81,83-89H,3-42,44,46-50,52,54-58H2,1-2H3,(H,77,82)/b45-43+,53-51+. The number of carbonyl (C=O) groups is 1. The Morgan fingerprint density at radius 1 is 0.368 bits per heavy atom. The van der Waals surface area contributed by atoms with Gasteiger partial charge in [0.1, 0.15) is 73.2 Å². The van der Waals surface area contributed by atoms with Gasteiger partial charge in [0.05, 0.1) is 38.6 Å². The maximum Gasteiger partial charge on any atom is 0.220 e. The Morgan fingerprint density at radius 3 is 1.05 bits per heavy atom. The summed E-state index contributed by atoms with van der Waals surface area (Å²) in [6, 6.07) is -0.986. The number of aliphatic hydroxyl groups excluding tert-OH is 11. The number of ether oxygens (including phenoxy) is 6. The van der Waals surface area contributed by atoms with Crippen LogP contribution < -0.4 is 5.32 Å². The molecule has 1 amide bonds. The highest BCUT2D eigenvalue weighted by molar-refractivity contribution is 5.76. The SMILES string of the molecule is CCCCCCCCC/C=C/CC/C=C/C(O)C(COC1OC(CO)C(OC2OC(CO)C(OC3OC(CO)C(O)C(O)C3O)C(O)C2O)C(O)C1O)NC(=O)CCCCCCCCCCCCCCCCCCCCCCCCCCCCCCCCCCCCCCC. The zero-order valence-electron chi connectivity index (χ0n) is 59.7. The molecule has 0 aromatic carbocycles. The van der Waals surface area contributed by atoms with Crippen LogP contribution in [0.2, 0.25) is 0 Å². The molecule has 0 bridgehead atoms. The van der Waals surface area contributed by atoms with Gasteiger partial charge in [0.2, 0.25) is 5.91 Å². The summed E-state index contributed by atoms with van der Waals surface area (Å²) in [4.78, 5) is 13.4. The van der Waals surface area contributed by atoms with Crippen molar-refractivity contribution in [2.24, 2.45) is 0 Å². The minimum atomic E-state index is -1.98. The fourth-order valence-corrected chi connectivity index (χ4v) is 13.4. The first-order valence-corrected chi connectivity index (χ1v) is 39.1. The molecule has 3 rings (SSSR count). The average Bonchev–Trinajstić information content (AvgIpc) is 0.787. The zero-order valence-corrected chi connectivity index (χ0v) is 59.7. The van der Waals surface area contributed by atoms with E-state index in [1.807, 2.05) is 6.08 Å². The van der Waals surface area contributed by atoms with Crippen molar-refractivity contribution in [1.82, 2.24) is 5.32 Å². The van der Waals surface area contributed by atoms with E-state index in [1.54, 1.807) is 6.08 Å². The lowest BCUT2D eigenvalue weighted by molar-refractivity contribution is -0.379. The molecule has 560 valence electrons. The van der Waals surface area contributed by atoms with Crippen LogP contribution >= 0.6 is 0 Å². The predicted molar refractivity (Wildman–Crippen MR) is 374 cm³/mol. The summed E-state index contributed by atoms with van der Waals surface area (Å²) in [5.74, 6) is -0.280. The van der Waals surface area contributed by atoms with Gasteiger partial charge in [0.15, 0.2) is 18.9 Å². The summed E-state index contributed by atoms with van der Waals surface area (Å²) in [5.41, 5.74) is 0. The third-order valence-corrected chi connectivity index (χ3v) is 19.8. The van der Waals surface area contributed by atoms with Gasteiger partial charge in [0, 0.05) is 6.42 Å². The van der Waals surface area contributed by atoms with E-state index in [0.29, 0.717) is 12.8 Å². The number of rotatable bonds is 62. The summed E-state index contributed by atoms with van der Waals surface area (Å²) in [5, 5.41) is 120. The Bertz CT molecular complexity index is 1810. The van der Waals surface area contributed by atoms with E-state index in [0.717, 1.165) is 38.5 Å². The van der Waals surface area contributed by atoms with Crippen LogP contribution in [0.15, 0.2) is 24.3 Å². The van der Waals surface area contributed by atoms with Crippen molar-refractivity contribution in [3.05, 3.63) is 24.3 Å². The van der Waals surface area contributed by atoms with Crippen LogP contribution in [0.3, 0.4) is 0 Å². The number of allylic oxidation sites excluding steroid dienone is 3. The maximum atomic E-state index is 13.4. The summed E-state index contributed by atoms with van der Waals surface area (Å²) in [7, 11) is 0. The van der Waals surface area contributed by atoms with Gasteiger partial charge in [-0.1, -0.05) is 308 Å². The molecule has 95 heavy (non-hydrogen) atoms. The topological polar surface area (TPSA) is 307 Å². The Morgan fingerprint density at radius 2 is 0.674 bits per heavy atom. The van der Waals surface area contributed by atoms with Crippen molar-refractivity contribution in [2.45, 2.75) is 426 Å². The second kappa shape index (κ2) is 57.8. The van der Waals surface area contributed by atoms with Crippen LogP contribution in [-0.2, 0) is 33.2 Å². The molecule has 3 aliphatic rings. The first-order valence-electron chi connectivity index (χ1n) is 39.1. The molecule has 12 N–H and O–H groups in total. The summed E-state index contributed by atoms with van der Waals surface area (Å²) >= 11 is 0. The lowest BCUT2D eigenvalue weighted by Gasteiger charge is -2.48. The molecule has 0 saturated carbocycles. The van der Waals surface area contributed by atoms with Crippen molar-refractivity contribution in [2.75, 3.05) is 26.4 Å². The van der Waals surface area contributed by atoms with Crippen molar-refractivity contribution < 1.29 is 89.4 Å². The third kappa shape index (κ3) is 38.8. The Hall–Kier alpha value is -1.73. The largest absolute Gasteiger partial charge is 0.394 e. The molecule has 0 aromatic heterocycles. The fraction of sp³-hybridized carbons (Fsp3) is 0.934. The van der Waals surface area contributed by atoms with E-state index in [-0.39, 0.29) is 18.9 Å². The van der Waals surface area contributed by atoms with E-state index in [4.69, 9.17) is 28.4 Å². The molecule has 19 heteroatoms. The lowest BCUT2D eigenvalue weighted by atomic mass is 9.96. The molecule has 0 aliphatic carbocycles. The average molecular weight is 1360 g/mol. The first kappa shape index (κ1) is 87.5. The molecule has 0 radical (unpaired) electrons. The molecule has 0 spiro atoms. The molecule has 3 heterocycles. The highest BCUT2D eigenvalue weighted by Crippen LogP contribution is 2.33. The number of hydrogen-bond acceptors (Lipinski definition) is 18. The lowest BCUT2D eigenvalue weighted by Crippen LogP contribution is -2.66. The zero-order chi connectivity index (χ0) is 68.9. The smallest absolute Gasteiger partial charge is 0.220 e. The first-order chi connectivity index (χ1) is 46.3. The van der Waals surface area contributed by atoms with Crippen LogP contribution in [-0.4, -0.2) is 193 Å². The maximum absolute atomic E-state index is 13.4. The molecule has 17 unspecified atom stereocenters. The minimum absolute atomic E-state index is 0.241. The quantitative estimate of drug-likeness (QED) is 0.0199. The van der Waals surface area contributed by atoms with Gasteiger partial charge in [-0.25, -0.2) is 0 Å². The van der Waals surface area contributed by atoms with Gasteiger partial charge >= 0.3 is 0 Å². The number of carbonyl (C=O) groups excluding carboxylic acids is 1. The van der Waals surface area contributed by atoms with Crippen LogP contribution in [0.4, 0.5) is 0 Å². The Labute approximate surface area is 575 Å². The third-order valence-electron chi connectivity index (χ3n) is 19.8. The van der Waals surface area contributed by atoms with Crippen LogP contribution in [0, 0.1) is 0 Å². The molecule has 19 nitrogen and oxygen atoms in total. The van der Waals surface area contributed by atoms with Gasteiger partial charge in [-0.05, 0) is 32.1 Å². The van der Waals surface area contributed by atoms with Crippen LogP contribution in [0.25, 0.3) is 0 Å². The van der Waals surface area contributed by atoms with Crippen molar-refractivity contribution in [3.8, 4) is 0 Å². The predicted octanol–water partition coefficient (Wildman–Crippen LogP) is 12.2. The second-order valence-electron chi connectivity index (χ2n) is 28.2. The van der Waals surface area contributed by atoms with Gasteiger partial charge < -0.3 is 89.9 Å². The fourth-order valence-electron chi connectivity index (χ4n) is 13.4. The van der Waals surface area contributed by atoms with E-state index < -0.39 is 124 Å². The highest BCUT2D eigenvalue weighted by atomic mass is 16.8. The van der Waals surface area contributed by atoms with E-state index >= 15 is 0 Å². The molecule has 3 saturated heterocycles. The minimum Gasteiger partial charge on any atom is -0.394 e. The van der Waals surface area contributed by atoms with Gasteiger partial charge in [-0.3, -0.25) is 4.79 Å². The van der Waals surface area contributed by atoms with Crippen molar-refractivity contribution in [1.29, 1.82) is 0 Å². The molecule has 0 aromatic rings. The van der Waals surface area contributed by atoms with Gasteiger partial charge in [-0.2, -0.15) is 0 Å².